The Morgan fingerprint density at radius 2 is 1.44 bits per heavy atom. The molecule has 0 aliphatic rings. The first kappa shape index (κ1) is 30.7. The minimum absolute atomic E-state index is 0.0179. The second kappa shape index (κ2) is 14.3. The number of hydrogen-bond donors (Lipinski definition) is 0. The zero-order valence-corrected chi connectivity index (χ0v) is 25.7. The summed E-state index contributed by atoms with van der Waals surface area (Å²) >= 11 is 0. The largest absolute Gasteiger partial charge is 0.497 e. The zero-order chi connectivity index (χ0) is 25.9. The molecule has 0 saturated heterocycles. The van der Waals surface area contributed by atoms with Gasteiger partial charge in [0.2, 0.25) is 8.32 Å². The molecule has 0 fully saturated rings. The maximum absolute atomic E-state index is 7.16. The number of benzene rings is 1. The van der Waals surface area contributed by atoms with Crippen LogP contribution in [0, 0.1) is 17.4 Å². The summed E-state index contributed by atoms with van der Waals surface area (Å²) in [6, 6.07) is 8.03. The molecule has 0 amide bonds. The number of ether oxygens (including phenoxy) is 2. The fourth-order valence-electron chi connectivity index (χ4n) is 4.66. The Morgan fingerprint density at radius 3 is 1.91 bits per heavy atom. The fraction of sp³-hybridized carbons (Fsp3) is 0.655. The van der Waals surface area contributed by atoms with Crippen LogP contribution in [0.15, 0.2) is 36.4 Å². The lowest BCUT2D eigenvalue weighted by Gasteiger charge is -2.44. The third-order valence-electron chi connectivity index (χ3n) is 6.40. The molecule has 0 aliphatic heterocycles. The van der Waals surface area contributed by atoms with Gasteiger partial charge in [0.25, 0.3) is 0 Å². The topological polar surface area (TPSA) is 27.7 Å². The standard InChI is InChI=1S/C29H50O3Si2/c1-23(2)34(24(3)4,25(5)6)32-29(26(7)19-21-33(9,10)11)14-12-13-20-31-22-27-15-17-28(30-8)18-16-27/h12,14-18,23-26,29H,13,20,22H2,1-11H3/b14-12+/t26-,29+/m1/s1. The van der Waals surface area contributed by atoms with Crippen LogP contribution in [-0.4, -0.2) is 36.2 Å². The van der Waals surface area contributed by atoms with Gasteiger partial charge in [0.05, 0.1) is 26.4 Å². The highest BCUT2D eigenvalue weighted by Gasteiger charge is 2.46. The Kier molecular flexibility index (Phi) is 12.9. The molecule has 1 aromatic carbocycles. The molecule has 192 valence electrons. The van der Waals surface area contributed by atoms with Crippen molar-refractivity contribution in [3.05, 3.63) is 42.0 Å². The summed E-state index contributed by atoms with van der Waals surface area (Å²) in [6.45, 7) is 24.5. The molecule has 0 radical (unpaired) electrons. The Hall–Kier alpha value is -1.33. The average molecular weight is 503 g/mol. The quantitative estimate of drug-likeness (QED) is 0.118. The lowest BCUT2D eigenvalue weighted by Crippen LogP contribution is -2.50. The number of rotatable bonds is 13. The molecular formula is C29H50O3Si2. The van der Waals surface area contributed by atoms with E-state index in [-0.39, 0.29) is 12.0 Å². The molecule has 0 unspecified atom stereocenters. The van der Waals surface area contributed by atoms with E-state index in [1.165, 1.54) is 0 Å². The van der Waals surface area contributed by atoms with E-state index in [4.69, 9.17) is 13.9 Å². The Morgan fingerprint density at radius 1 is 0.882 bits per heavy atom. The highest BCUT2D eigenvalue weighted by Crippen LogP contribution is 2.43. The SMILES string of the molecule is COc1ccc(COCC/C=C/[C@H](O[Si](C(C)C)(C(C)C)C(C)C)[C@H](C)C#C[Si](C)(C)C)cc1. The molecule has 3 nitrogen and oxygen atoms in total. The molecule has 0 N–H and O–H groups in total. The highest BCUT2D eigenvalue weighted by atomic mass is 28.4. The van der Waals surface area contributed by atoms with Crippen molar-refractivity contribution in [1.29, 1.82) is 0 Å². The fourth-order valence-corrected chi connectivity index (χ4v) is 10.9. The summed E-state index contributed by atoms with van der Waals surface area (Å²) in [5.74, 6) is 4.60. The van der Waals surface area contributed by atoms with Crippen molar-refractivity contribution in [3.63, 3.8) is 0 Å². The van der Waals surface area contributed by atoms with Crippen LogP contribution >= 0.6 is 0 Å². The maximum Gasteiger partial charge on any atom is 0.201 e. The molecule has 0 saturated carbocycles. The van der Waals surface area contributed by atoms with Gasteiger partial charge in [-0.2, -0.15) is 0 Å². The van der Waals surface area contributed by atoms with E-state index >= 15 is 0 Å². The second-order valence-electron chi connectivity index (χ2n) is 11.3. The average Bonchev–Trinajstić information content (AvgIpc) is 2.75. The normalized spacial score (nSPS) is 14.5. The third kappa shape index (κ3) is 9.73. The van der Waals surface area contributed by atoms with Gasteiger partial charge in [0, 0.05) is 5.92 Å². The van der Waals surface area contributed by atoms with Crippen LogP contribution in [0.4, 0.5) is 0 Å². The van der Waals surface area contributed by atoms with E-state index in [0.717, 1.165) is 17.7 Å². The van der Waals surface area contributed by atoms with Gasteiger partial charge in [-0.3, -0.25) is 0 Å². The van der Waals surface area contributed by atoms with Crippen molar-refractivity contribution in [1.82, 2.24) is 0 Å². The van der Waals surface area contributed by atoms with E-state index in [2.05, 4.69) is 91.7 Å². The highest BCUT2D eigenvalue weighted by molar-refractivity contribution is 6.83. The third-order valence-corrected chi connectivity index (χ3v) is 13.4. The Labute approximate surface area is 212 Å². The summed E-state index contributed by atoms with van der Waals surface area (Å²) in [4.78, 5) is 0. The monoisotopic (exact) mass is 502 g/mol. The second-order valence-corrected chi connectivity index (χ2v) is 21.5. The summed E-state index contributed by atoms with van der Waals surface area (Å²) in [5.41, 5.74) is 6.37. The lowest BCUT2D eigenvalue weighted by molar-refractivity contribution is 0.125. The van der Waals surface area contributed by atoms with Crippen LogP contribution in [0.5, 0.6) is 5.75 Å². The van der Waals surface area contributed by atoms with Gasteiger partial charge in [-0.05, 0) is 47.7 Å². The molecule has 5 heteroatoms. The molecule has 34 heavy (non-hydrogen) atoms. The molecule has 0 aromatic heterocycles. The van der Waals surface area contributed by atoms with Crippen LogP contribution in [0.3, 0.4) is 0 Å². The zero-order valence-electron chi connectivity index (χ0n) is 23.7. The minimum Gasteiger partial charge on any atom is -0.497 e. The lowest BCUT2D eigenvalue weighted by atomic mass is 10.1. The molecule has 0 spiro atoms. The van der Waals surface area contributed by atoms with Gasteiger partial charge in [0.15, 0.2) is 0 Å². The predicted octanol–water partition coefficient (Wildman–Crippen LogP) is 8.24. The first-order valence-corrected chi connectivity index (χ1v) is 18.5. The van der Waals surface area contributed by atoms with Gasteiger partial charge in [-0.25, -0.2) is 0 Å². The van der Waals surface area contributed by atoms with Crippen LogP contribution in [0.1, 0.15) is 60.5 Å². The van der Waals surface area contributed by atoms with Crippen LogP contribution in [0.2, 0.25) is 36.3 Å². The van der Waals surface area contributed by atoms with Crippen molar-refractivity contribution in [2.24, 2.45) is 5.92 Å². The smallest absolute Gasteiger partial charge is 0.201 e. The van der Waals surface area contributed by atoms with E-state index < -0.39 is 16.4 Å². The first-order chi connectivity index (χ1) is 15.8. The Bertz CT molecular complexity index is 774. The van der Waals surface area contributed by atoms with E-state index in [1.807, 2.05) is 24.3 Å². The van der Waals surface area contributed by atoms with E-state index in [9.17, 15) is 0 Å². The van der Waals surface area contributed by atoms with Crippen molar-refractivity contribution >= 4 is 16.4 Å². The maximum atomic E-state index is 7.16. The summed E-state index contributed by atoms with van der Waals surface area (Å²) in [6.07, 6.45) is 5.37. The molecule has 0 bridgehead atoms. The molecule has 1 aromatic rings. The molecular weight excluding hydrogens is 452 g/mol. The van der Waals surface area contributed by atoms with Crippen LogP contribution in [0.25, 0.3) is 0 Å². The Balaban J connectivity index is 2.90. The molecule has 2 atom stereocenters. The van der Waals surface area contributed by atoms with Crippen molar-refractivity contribution in [2.75, 3.05) is 13.7 Å². The van der Waals surface area contributed by atoms with Gasteiger partial charge in [-0.15, -0.1) is 11.5 Å². The summed E-state index contributed by atoms with van der Waals surface area (Å²) < 4.78 is 18.3. The van der Waals surface area contributed by atoms with E-state index in [1.54, 1.807) is 7.11 Å². The van der Waals surface area contributed by atoms with Crippen LogP contribution in [-0.2, 0) is 15.8 Å². The van der Waals surface area contributed by atoms with Gasteiger partial charge in [0.1, 0.15) is 13.8 Å². The summed E-state index contributed by atoms with van der Waals surface area (Å²) in [5, 5.41) is 0. The summed E-state index contributed by atoms with van der Waals surface area (Å²) in [7, 11) is -1.76. The number of methoxy groups -OCH3 is 1. The van der Waals surface area contributed by atoms with Crippen molar-refractivity contribution in [3.8, 4) is 17.2 Å². The van der Waals surface area contributed by atoms with Gasteiger partial charge >= 0.3 is 0 Å². The van der Waals surface area contributed by atoms with Crippen molar-refractivity contribution in [2.45, 2.75) is 104 Å². The molecule has 1 rings (SSSR count). The van der Waals surface area contributed by atoms with Gasteiger partial charge < -0.3 is 13.9 Å². The molecule has 0 heterocycles. The molecule has 0 aliphatic carbocycles. The predicted molar refractivity (Wildman–Crippen MR) is 153 cm³/mol. The van der Waals surface area contributed by atoms with Crippen molar-refractivity contribution < 1.29 is 13.9 Å². The minimum atomic E-state index is -2.00. The van der Waals surface area contributed by atoms with E-state index in [0.29, 0.717) is 29.8 Å². The van der Waals surface area contributed by atoms with Gasteiger partial charge in [-0.1, -0.05) is 85.5 Å². The number of hydrogen-bond acceptors (Lipinski definition) is 3. The van der Waals surface area contributed by atoms with Crippen LogP contribution < -0.4 is 4.74 Å². The first-order valence-electron chi connectivity index (χ1n) is 12.9.